The van der Waals surface area contributed by atoms with E-state index in [1.54, 1.807) is 27.5 Å². The first kappa shape index (κ1) is 20.0. The quantitative estimate of drug-likeness (QED) is 0.415. The van der Waals surface area contributed by atoms with E-state index in [0.717, 1.165) is 25.0 Å². The van der Waals surface area contributed by atoms with Crippen LogP contribution in [-0.2, 0) is 18.1 Å². The van der Waals surface area contributed by atoms with Gasteiger partial charge in [0, 0.05) is 40.0 Å². The van der Waals surface area contributed by atoms with Crippen LogP contribution in [0.15, 0.2) is 16.6 Å². The highest BCUT2D eigenvalue weighted by Gasteiger charge is 2.38. The third kappa shape index (κ3) is 5.22. The van der Waals surface area contributed by atoms with Crippen molar-refractivity contribution in [2.75, 3.05) is 27.9 Å². The number of nitrogens with zero attached hydrogens (tertiary/aromatic N) is 1. The number of aliphatic carboxylic acids is 1. The van der Waals surface area contributed by atoms with Crippen LogP contribution in [0.5, 0.6) is 0 Å². The molecular weight excluding hydrogens is 316 g/mol. The van der Waals surface area contributed by atoms with Gasteiger partial charge in [-0.1, -0.05) is 6.92 Å². The van der Waals surface area contributed by atoms with Gasteiger partial charge < -0.3 is 18.4 Å². The molecule has 0 amide bonds. The predicted octanol–water partition coefficient (Wildman–Crippen LogP) is 1.83. The van der Waals surface area contributed by atoms with E-state index in [1.807, 2.05) is 13.0 Å². The number of allylic oxidation sites excluding steroid dienone is 1. The lowest BCUT2D eigenvalue weighted by atomic mass is 9.94. The lowest BCUT2D eigenvalue weighted by Crippen LogP contribution is -2.46. The van der Waals surface area contributed by atoms with Gasteiger partial charge in [0.05, 0.1) is 0 Å². The summed E-state index contributed by atoms with van der Waals surface area (Å²) in [5.41, 5.74) is 0.545. The third-order valence-corrected chi connectivity index (χ3v) is 7.06. The van der Waals surface area contributed by atoms with Crippen molar-refractivity contribution in [3.63, 3.8) is 0 Å². The first-order chi connectivity index (χ1) is 11.0. The Hall–Kier alpha value is -1.06. The molecule has 2 N–H and O–H groups in total. The average Bonchev–Trinajstić information content (AvgIpc) is 2.97. The molecule has 1 unspecified atom stereocenters. The highest BCUT2D eigenvalue weighted by atomic mass is 28.4. The van der Waals surface area contributed by atoms with Crippen molar-refractivity contribution in [2.45, 2.75) is 44.3 Å². The molecule has 23 heavy (non-hydrogen) atoms. The van der Waals surface area contributed by atoms with Crippen LogP contribution in [0.25, 0.3) is 0 Å². The summed E-state index contributed by atoms with van der Waals surface area (Å²) in [5.74, 6) is -0.793. The molecule has 0 aliphatic carbocycles. The first-order valence-corrected chi connectivity index (χ1v) is 9.78. The molecule has 0 saturated carbocycles. The summed E-state index contributed by atoms with van der Waals surface area (Å²) in [6.45, 7) is 2.77. The molecule has 0 aromatic heterocycles. The molecule has 0 saturated heterocycles. The van der Waals surface area contributed by atoms with Crippen LogP contribution < -0.4 is 5.32 Å². The summed E-state index contributed by atoms with van der Waals surface area (Å²) in [5, 5.41) is 12.3. The highest BCUT2D eigenvalue weighted by molar-refractivity contribution is 6.60. The monoisotopic (exact) mass is 344 g/mol. The summed E-state index contributed by atoms with van der Waals surface area (Å²) in [6.07, 6.45) is 5.89. The summed E-state index contributed by atoms with van der Waals surface area (Å²) in [6, 6.07) is 0.710. The molecule has 0 aromatic carbocycles. The fraction of sp³-hybridized carbons (Fsp3) is 0.733. The van der Waals surface area contributed by atoms with E-state index in [4.69, 9.17) is 18.4 Å². The van der Waals surface area contributed by atoms with Crippen molar-refractivity contribution < 1.29 is 23.2 Å². The molecule has 1 heterocycles. The molecule has 0 aromatic rings. The minimum atomic E-state index is -2.55. The van der Waals surface area contributed by atoms with Crippen LogP contribution in [0.4, 0.5) is 0 Å². The summed E-state index contributed by atoms with van der Waals surface area (Å²) >= 11 is 0. The van der Waals surface area contributed by atoms with Gasteiger partial charge in [-0.05, 0) is 37.5 Å². The standard InChI is InChI=1S/C15H28N2O5Si/c1-5-15(13(9-11-17-15)7-8-14(18)19)16-10-6-12-23(20-2,21-3)22-4/h9,11,16H,5-8,10,12H2,1-4H3,(H,18,19). The van der Waals surface area contributed by atoms with E-state index in [1.165, 1.54) is 0 Å². The molecule has 1 rings (SSSR count). The van der Waals surface area contributed by atoms with Gasteiger partial charge in [-0.15, -0.1) is 0 Å². The fourth-order valence-electron chi connectivity index (χ4n) is 2.77. The molecule has 8 heteroatoms. The van der Waals surface area contributed by atoms with E-state index < -0.39 is 20.4 Å². The van der Waals surface area contributed by atoms with Gasteiger partial charge in [-0.3, -0.25) is 15.1 Å². The Balaban J connectivity index is 2.54. The van der Waals surface area contributed by atoms with Crippen molar-refractivity contribution in [1.29, 1.82) is 0 Å². The lowest BCUT2D eigenvalue weighted by molar-refractivity contribution is -0.137. The Bertz CT molecular complexity index is 443. The van der Waals surface area contributed by atoms with E-state index in [0.29, 0.717) is 12.5 Å². The minimum absolute atomic E-state index is 0.117. The summed E-state index contributed by atoms with van der Waals surface area (Å²) < 4.78 is 16.2. The SMILES string of the molecule is CCC1(NCCC[Si](OC)(OC)OC)N=CC=C1CCC(=O)O. The van der Waals surface area contributed by atoms with Gasteiger partial charge in [0.25, 0.3) is 0 Å². The lowest BCUT2D eigenvalue weighted by Gasteiger charge is -2.31. The summed E-state index contributed by atoms with van der Waals surface area (Å²) in [7, 11) is 2.27. The minimum Gasteiger partial charge on any atom is -0.481 e. The van der Waals surface area contributed by atoms with Crippen LogP contribution in [0.1, 0.15) is 32.6 Å². The zero-order valence-electron chi connectivity index (χ0n) is 14.4. The molecule has 1 aliphatic rings. The maximum atomic E-state index is 10.8. The van der Waals surface area contributed by atoms with Gasteiger partial charge in [-0.2, -0.15) is 0 Å². The topological polar surface area (TPSA) is 89.4 Å². The highest BCUT2D eigenvalue weighted by Crippen LogP contribution is 2.30. The van der Waals surface area contributed by atoms with E-state index in [9.17, 15) is 4.79 Å². The Morgan fingerprint density at radius 1 is 1.35 bits per heavy atom. The normalized spacial score (nSPS) is 20.8. The van der Waals surface area contributed by atoms with E-state index in [2.05, 4.69) is 10.3 Å². The third-order valence-electron chi connectivity index (χ3n) is 4.23. The van der Waals surface area contributed by atoms with Crippen LogP contribution in [0.3, 0.4) is 0 Å². The zero-order valence-corrected chi connectivity index (χ0v) is 15.4. The number of carboxylic acids is 1. The second-order valence-electron chi connectivity index (χ2n) is 5.40. The van der Waals surface area contributed by atoms with Crippen LogP contribution in [0, 0.1) is 0 Å². The van der Waals surface area contributed by atoms with Crippen molar-refractivity contribution >= 4 is 21.0 Å². The molecule has 0 bridgehead atoms. The predicted molar refractivity (Wildman–Crippen MR) is 90.7 cm³/mol. The number of hydrogen-bond acceptors (Lipinski definition) is 6. The maximum absolute atomic E-state index is 10.8. The molecule has 0 radical (unpaired) electrons. The van der Waals surface area contributed by atoms with Crippen LogP contribution >= 0.6 is 0 Å². The largest absolute Gasteiger partial charge is 0.500 e. The second kappa shape index (κ2) is 9.29. The molecule has 132 valence electrons. The Morgan fingerprint density at radius 3 is 2.52 bits per heavy atom. The number of carbonyl (C=O) groups is 1. The number of carboxylic acid groups (broad SMARTS) is 1. The smallest absolute Gasteiger partial charge is 0.481 e. The maximum Gasteiger partial charge on any atom is 0.500 e. The van der Waals surface area contributed by atoms with Crippen LogP contribution in [0.2, 0.25) is 6.04 Å². The van der Waals surface area contributed by atoms with Gasteiger partial charge >= 0.3 is 14.8 Å². The number of rotatable bonds is 12. The van der Waals surface area contributed by atoms with Crippen molar-refractivity contribution in [3.8, 4) is 0 Å². The van der Waals surface area contributed by atoms with Gasteiger partial charge in [0.15, 0.2) is 0 Å². The molecule has 1 aliphatic heterocycles. The molecular formula is C15H28N2O5Si. The second-order valence-corrected chi connectivity index (χ2v) is 8.49. The van der Waals surface area contributed by atoms with Crippen molar-refractivity contribution in [1.82, 2.24) is 5.32 Å². The zero-order chi connectivity index (χ0) is 17.3. The summed E-state index contributed by atoms with van der Waals surface area (Å²) in [4.78, 5) is 15.3. The molecule has 7 nitrogen and oxygen atoms in total. The van der Waals surface area contributed by atoms with Crippen molar-refractivity contribution in [3.05, 3.63) is 11.6 Å². The van der Waals surface area contributed by atoms with E-state index in [-0.39, 0.29) is 6.42 Å². The van der Waals surface area contributed by atoms with Gasteiger partial charge in [0.2, 0.25) is 0 Å². The molecule has 1 atom stereocenters. The Labute approximate surface area is 139 Å². The number of hydrogen-bond donors (Lipinski definition) is 2. The molecule has 0 spiro atoms. The fourth-order valence-corrected chi connectivity index (χ4v) is 4.49. The van der Waals surface area contributed by atoms with E-state index >= 15 is 0 Å². The average molecular weight is 344 g/mol. The first-order valence-electron chi connectivity index (χ1n) is 7.84. The number of aliphatic imine (C=N–C) groups is 1. The van der Waals surface area contributed by atoms with Crippen LogP contribution in [-0.4, -0.2) is 59.6 Å². The van der Waals surface area contributed by atoms with Crippen molar-refractivity contribution in [2.24, 2.45) is 4.99 Å². The molecule has 0 fully saturated rings. The number of nitrogens with one attached hydrogen (secondary N) is 1. The Morgan fingerprint density at radius 2 is 2.00 bits per heavy atom. The Kier molecular flexibility index (Phi) is 8.07. The van der Waals surface area contributed by atoms with Gasteiger partial charge in [0.1, 0.15) is 5.66 Å². The van der Waals surface area contributed by atoms with Gasteiger partial charge in [-0.25, -0.2) is 0 Å².